The molecule has 0 saturated carbocycles. The molecule has 18 heavy (non-hydrogen) atoms. The molecule has 0 aromatic heterocycles. The number of hydrogen-bond acceptors (Lipinski definition) is 3. The van der Waals surface area contributed by atoms with Gasteiger partial charge in [-0.3, -0.25) is 9.36 Å². The van der Waals surface area contributed by atoms with E-state index in [0.29, 0.717) is 13.0 Å². The molecule has 1 heterocycles. The van der Waals surface area contributed by atoms with Gasteiger partial charge in [-0.05, 0) is 33.7 Å². The van der Waals surface area contributed by atoms with Gasteiger partial charge in [0.15, 0.2) is 0 Å². The number of hydrogen-bond donors (Lipinski definition) is 0. The van der Waals surface area contributed by atoms with Crippen molar-refractivity contribution >= 4 is 13.3 Å². The van der Waals surface area contributed by atoms with Crippen molar-refractivity contribution in [3.8, 4) is 0 Å². The summed E-state index contributed by atoms with van der Waals surface area (Å²) in [7, 11) is -1.24. The lowest BCUT2D eigenvalue weighted by molar-refractivity contribution is -0.120. The molecule has 1 fully saturated rings. The molecule has 0 bridgehead atoms. The number of Topliss-reactive ketones (excluding diaryl/α,β-unsaturated/α-hetero) is 1. The van der Waals surface area contributed by atoms with E-state index in [4.69, 9.17) is 4.52 Å². The van der Waals surface area contributed by atoms with Gasteiger partial charge >= 0.3 is 0 Å². The normalized spacial score (nSPS) is 29.8. The highest BCUT2D eigenvalue weighted by molar-refractivity contribution is 7.57. The molecule has 1 aliphatic heterocycles. The van der Waals surface area contributed by atoms with Crippen molar-refractivity contribution in [2.24, 2.45) is 5.92 Å². The van der Waals surface area contributed by atoms with Crippen LogP contribution in [0.5, 0.6) is 0 Å². The lowest BCUT2D eigenvalue weighted by Gasteiger charge is -2.41. The zero-order chi connectivity index (χ0) is 14.0. The van der Waals surface area contributed by atoms with Crippen LogP contribution >= 0.6 is 7.52 Å². The Morgan fingerprint density at radius 1 is 1.61 bits per heavy atom. The summed E-state index contributed by atoms with van der Waals surface area (Å²) in [5, 5.41) is 0. The molecule has 0 spiro atoms. The first-order chi connectivity index (χ1) is 8.20. The van der Waals surface area contributed by atoms with E-state index < -0.39 is 13.1 Å². The van der Waals surface area contributed by atoms with Crippen LogP contribution in [-0.2, 0) is 13.9 Å². The fourth-order valence-electron chi connectivity index (χ4n) is 1.97. The Balaban J connectivity index is 2.76. The Hall–Kier alpha value is -0.440. The summed E-state index contributed by atoms with van der Waals surface area (Å²) in [6, 6.07) is 0. The number of ketones is 1. The second-order valence-corrected chi connectivity index (χ2v) is 8.13. The van der Waals surface area contributed by atoms with Gasteiger partial charge in [-0.25, -0.2) is 4.67 Å². The molecule has 1 aliphatic rings. The van der Waals surface area contributed by atoms with Crippen LogP contribution in [0.15, 0.2) is 12.7 Å². The molecule has 4 nitrogen and oxygen atoms in total. The average molecular weight is 273 g/mol. The predicted molar refractivity (Wildman–Crippen MR) is 73.9 cm³/mol. The summed E-state index contributed by atoms with van der Waals surface area (Å²) >= 11 is 0. The Bertz CT molecular complexity index is 378. The Kier molecular flexibility index (Phi) is 4.93. The monoisotopic (exact) mass is 273 g/mol. The summed E-state index contributed by atoms with van der Waals surface area (Å²) in [5.74, 6) is -0.154. The zero-order valence-electron chi connectivity index (χ0n) is 11.8. The minimum Gasteiger partial charge on any atom is -0.311 e. The van der Waals surface area contributed by atoms with Crippen molar-refractivity contribution < 1.29 is 13.9 Å². The molecule has 0 amide bonds. The maximum absolute atomic E-state index is 12.8. The first-order valence-electron chi connectivity index (χ1n) is 6.35. The van der Waals surface area contributed by atoms with E-state index in [-0.39, 0.29) is 17.9 Å². The smallest absolute Gasteiger partial charge is 0.279 e. The van der Waals surface area contributed by atoms with Crippen LogP contribution in [0.3, 0.4) is 0 Å². The van der Waals surface area contributed by atoms with E-state index in [0.717, 1.165) is 6.42 Å². The summed E-state index contributed by atoms with van der Waals surface area (Å²) in [4.78, 5) is 12.0. The molecule has 2 unspecified atom stereocenters. The van der Waals surface area contributed by atoms with Crippen molar-refractivity contribution in [3.63, 3.8) is 0 Å². The van der Waals surface area contributed by atoms with Gasteiger partial charge in [-0.15, -0.1) is 6.58 Å². The van der Waals surface area contributed by atoms with E-state index in [2.05, 4.69) is 6.58 Å². The highest BCUT2D eigenvalue weighted by Gasteiger charge is 2.42. The zero-order valence-corrected chi connectivity index (χ0v) is 12.7. The summed E-state index contributed by atoms with van der Waals surface area (Å²) in [6.45, 7) is 10.0. The van der Waals surface area contributed by atoms with Crippen LogP contribution < -0.4 is 0 Å². The third-order valence-corrected chi connectivity index (χ3v) is 6.10. The molecule has 2 atom stereocenters. The van der Waals surface area contributed by atoms with E-state index in [1.807, 2.05) is 20.8 Å². The fourth-order valence-corrected chi connectivity index (χ4v) is 4.39. The highest BCUT2D eigenvalue weighted by Crippen LogP contribution is 2.56. The Morgan fingerprint density at radius 3 is 2.78 bits per heavy atom. The number of allylic oxidation sites excluding steroid dienone is 1. The molecule has 0 aliphatic carbocycles. The Morgan fingerprint density at radius 2 is 2.22 bits per heavy atom. The maximum atomic E-state index is 12.8. The van der Waals surface area contributed by atoms with E-state index in [1.54, 1.807) is 17.8 Å². The van der Waals surface area contributed by atoms with Gasteiger partial charge in [0.05, 0.1) is 11.8 Å². The standard InChI is InChI=1S/C13H24NO3P/c1-6-7-11(2)12(15)10-18(16)14(5)9-8-13(3,4)17-18/h6,11H,1,7-10H2,2-5H3. The van der Waals surface area contributed by atoms with Gasteiger partial charge < -0.3 is 4.52 Å². The van der Waals surface area contributed by atoms with Crippen molar-refractivity contribution in [1.29, 1.82) is 0 Å². The molecule has 104 valence electrons. The molecule has 1 rings (SSSR count). The molecule has 0 aromatic carbocycles. The van der Waals surface area contributed by atoms with E-state index in [9.17, 15) is 9.36 Å². The van der Waals surface area contributed by atoms with Crippen LogP contribution in [0, 0.1) is 5.92 Å². The second-order valence-electron chi connectivity index (χ2n) is 5.67. The van der Waals surface area contributed by atoms with Gasteiger partial charge in [-0.2, -0.15) is 0 Å². The van der Waals surface area contributed by atoms with Crippen LogP contribution in [0.2, 0.25) is 0 Å². The van der Waals surface area contributed by atoms with Crippen LogP contribution in [0.1, 0.15) is 33.6 Å². The fraction of sp³-hybridized carbons (Fsp3) is 0.769. The quantitative estimate of drug-likeness (QED) is 0.570. The van der Waals surface area contributed by atoms with E-state index >= 15 is 0 Å². The van der Waals surface area contributed by atoms with Crippen molar-refractivity contribution in [1.82, 2.24) is 4.67 Å². The first-order valence-corrected chi connectivity index (χ1v) is 8.11. The first kappa shape index (κ1) is 15.6. The second kappa shape index (κ2) is 5.68. The van der Waals surface area contributed by atoms with E-state index in [1.165, 1.54) is 0 Å². The molecular formula is C13H24NO3P. The van der Waals surface area contributed by atoms with Gasteiger partial charge in [0.1, 0.15) is 5.78 Å². The molecule has 0 aromatic rings. The number of nitrogens with zero attached hydrogens (tertiary/aromatic N) is 1. The molecule has 0 radical (unpaired) electrons. The number of carbonyl (C=O) groups is 1. The topological polar surface area (TPSA) is 46.6 Å². The summed E-state index contributed by atoms with van der Waals surface area (Å²) in [6.07, 6.45) is 3.16. The predicted octanol–water partition coefficient (Wildman–Crippen LogP) is 3.09. The lowest BCUT2D eigenvalue weighted by atomic mass is 10.0. The van der Waals surface area contributed by atoms with Crippen molar-refractivity contribution in [2.45, 2.75) is 39.2 Å². The highest BCUT2D eigenvalue weighted by atomic mass is 31.2. The minimum absolute atomic E-state index is 0.00192. The molecule has 1 saturated heterocycles. The van der Waals surface area contributed by atoms with Gasteiger partial charge in [0, 0.05) is 12.5 Å². The van der Waals surface area contributed by atoms with Gasteiger partial charge in [0.25, 0.3) is 7.52 Å². The minimum atomic E-state index is -3.01. The lowest BCUT2D eigenvalue weighted by Crippen LogP contribution is -2.39. The van der Waals surface area contributed by atoms with Gasteiger partial charge in [0.2, 0.25) is 0 Å². The SMILES string of the molecule is C=CCC(C)C(=O)CP1(=O)OC(C)(C)CCN1C. The van der Waals surface area contributed by atoms with Crippen LogP contribution in [-0.4, -0.2) is 35.8 Å². The molecular weight excluding hydrogens is 249 g/mol. The molecule has 5 heteroatoms. The average Bonchev–Trinajstić information content (AvgIpc) is 2.23. The van der Waals surface area contributed by atoms with Crippen LogP contribution in [0.4, 0.5) is 0 Å². The summed E-state index contributed by atoms with van der Waals surface area (Å²) in [5.41, 5.74) is -0.413. The number of carbonyl (C=O) groups excluding carboxylic acids is 1. The third-order valence-electron chi connectivity index (χ3n) is 3.37. The van der Waals surface area contributed by atoms with Crippen molar-refractivity contribution in [2.75, 3.05) is 19.8 Å². The Labute approximate surface area is 110 Å². The number of rotatable bonds is 5. The third kappa shape index (κ3) is 3.78. The maximum Gasteiger partial charge on any atom is 0.279 e. The largest absolute Gasteiger partial charge is 0.311 e. The summed E-state index contributed by atoms with van der Waals surface area (Å²) < 4.78 is 20.2. The van der Waals surface area contributed by atoms with Crippen molar-refractivity contribution in [3.05, 3.63) is 12.7 Å². The van der Waals surface area contributed by atoms with Crippen LogP contribution in [0.25, 0.3) is 0 Å². The molecule has 0 N–H and O–H groups in total. The van der Waals surface area contributed by atoms with Gasteiger partial charge in [-0.1, -0.05) is 13.0 Å².